The number of primary amides is 1. The molecular weight excluding hydrogens is 1350 g/mol. The molecule has 9 unspecified atom stereocenters. The number of nitrogens with zero attached hydrogens (tertiary/aromatic N) is 3. The molecule has 26 heteroatoms. The highest BCUT2D eigenvalue weighted by Crippen LogP contribution is 2.34. The molecule has 105 heavy (non-hydrogen) atoms. The zero-order chi connectivity index (χ0) is 78.1. The smallest absolute Gasteiger partial charge is 0.312 e. The fourth-order valence-corrected chi connectivity index (χ4v) is 15.5. The molecule has 2 aromatic rings. The van der Waals surface area contributed by atoms with Crippen LogP contribution in [0.3, 0.4) is 0 Å². The second-order valence-electron chi connectivity index (χ2n) is 30.8. The number of carbonyl (C=O) groups excluding carboxylic acids is 10. The third kappa shape index (κ3) is 26.1. The topological polar surface area (TPSA) is 372 Å². The fourth-order valence-electron chi connectivity index (χ4n) is 15.5. The Morgan fingerprint density at radius 3 is 1.84 bits per heavy atom. The zero-order valence-corrected chi connectivity index (χ0v) is 65.0. The minimum Gasteiger partial charge on any atom is -0.388 e. The predicted molar refractivity (Wildman–Crippen MR) is 397 cm³/mol. The molecule has 0 aromatic heterocycles. The first-order valence-electron chi connectivity index (χ1n) is 38.1. The SMILES string of the molecule is CCC[C@H]1O[C@@H](CC(=O)NC[C@H]2O[C@@H](CC(=O)C[C@@H](C(=O)N[C@H](CCCNC(N)=O)C(=O)Cc3ccc(CCNC(=O)[C@@H](CC(=O)C(C)C(OC)C4CCCN4C(=O)CC(OC)C(C(C)CC)N(C)C(=O)[C@@H](CC(=O)C(C(C)C)N(C)C)C(C)C)Cc4ccccc4)cc3)C(C)C)C(O)C2O)[C@H](O)[C@@H]1O. The van der Waals surface area contributed by atoms with Gasteiger partial charge in [-0.25, -0.2) is 4.79 Å². The van der Waals surface area contributed by atoms with Gasteiger partial charge in [-0.05, 0) is 99.4 Å². The molecule has 19 atom stereocenters. The van der Waals surface area contributed by atoms with E-state index < -0.39 is 132 Å². The van der Waals surface area contributed by atoms with Crippen molar-refractivity contribution in [2.45, 2.75) is 257 Å². The molecule has 0 spiro atoms. The highest BCUT2D eigenvalue weighted by Gasteiger charge is 2.47. The normalized spacial score (nSPS) is 23.2. The van der Waals surface area contributed by atoms with Crippen molar-refractivity contribution < 1.29 is 87.3 Å². The summed E-state index contributed by atoms with van der Waals surface area (Å²) < 4.78 is 23.8. The summed E-state index contributed by atoms with van der Waals surface area (Å²) in [7, 11) is 8.59. The van der Waals surface area contributed by atoms with Gasteiger partial charge in [-0.1, -0.05) is 137 Å². The van der Waals surface area contributed by atoms with Crippen molar-refractivity contribution in [3.8, 4) is 0 Å². The van der Waals surface area contributed by atoms with Crippen LogP contribution < -0.4 is 27.0 Å². The summed E-state index contributed by atoms with van der Waals surface area (Å²) in [6, 6.07) is 13.6. The Morgan fingerprint density at radius 1 is 0.648 bits per heavy atom. The summed E-state index contributed by atoms with van der Waals surface area (Å²) in [5, 5.41) is 53.5. The van der Waals surface area contributed by atoms with Crippen LogP contribution in [0, 0.1) is 47.3 Å². The van der Waals surface area contributed by atoms with Gasteiger partial charge in [-0.2, -0.15) is 0 Å². The quantitative estimate of drug-likeness (QED) is 0.0400. The van der Waals surface area contributed by atoms with Crippen molar-refractivity contribution >= 4 is 58.7 Å². The lowest BCUT2D eigenvalue weighted by molar-refractivity contribution is -0.149. The molecule has 3 heterocycles. The number of hydrogen-bond acceptors (Lipinski definition) is 19. The van der Waals surface area contributed by atoms with Crippen molar-refractivity contribution in [2.75, 3.05) is 61.5 Å². The summed E-state index contributed by atoms with van der Waals surface area (Å²) in [5.41, 5.74) is 7.66. The second kappa shape index (κ2) is 43.4. The van der Waals surface area contributed by atoms with Crippen LogP contribution in [-0.2, 0) is 81.4 Å². The Labute approximate surface area is 622 Å². The van der Waals surface area contributed by atoms with Gasteiger partial charge in [0.15, 0.2) is 11.6 Å². The number of ether oxygens (including phenoxy) is 4. The summed E-state index contributed by atoms with van der Waals surface area (Å²) in [6.45, 7) is 19.7. The van der Waals surface area contributed by atoms with Gasteiger partial charge < -0.3 is 76.2 Å². The van der Waals surface area contributed by atoms with Crippen molar-refractivity contribution in [1.29, 1.82) is 0 Å². The number of carbonyl (C=O) groups is 10. The maximum atomic E-state index is 14.7. The number of amides is 7. The number of likely N-dealkylation sites (N-methyl/N-ethyl adjacent to an activating group) is 2. The van der Waals surface area contributed by atoms with Crippen molar-refractivity contribution in [3.63, 3.8) is 0 Å². The molecule has 10 N–H and O–H groups in total. The Bertz CT molecular complexity index is 3110. The second-order valence-corrected chi connectivity index (χ2v) is 30.8. The number of benzene rings is 2. The summed E-state index contributed by atoms with van der Waals surface area (Å²) in [6.07, 6.45) is -7.33. The van der Waals surface area contributed by atoms with Crippen molar-refractivity contribution in [2.24, 2.45) is 53.1 Å². The van der Waals surface area contributed by atoms with E-state index in [0.717, 1.165) is 11.1 Å². The van der Waals surface area contributed by atoms with Gasteiger partial charge in [-0.15, -0.1) is 0 Å². The number of hydrogen-bond donors (Lipinski definition) is 9. The molecule has 590 valence electrons. The van der Waals surface area contributed by atoms with Crippen molar-refractivity contribution in [1.82, 2.24) is 36.0 Å². The molecule has 3 aliphatic heterocycles. The van der Waals surface area contributed by atoms with E-state index in [-0.39, 0.29) is 143 Å². The van der Waals surface area contributed by atoms with Crippen LogP contribution in [0.4, 0.5) is 4.79 Å². The number of nitrogens with one attached hydrogen (secondary N) is 4. The molecular formula is C79H126N8O18. The monoisotopic (exact) mass is 1470 g/mol. The standard InChI is InChI=1S/C79H126N8O18/c1-16-23-62-71(94)73(96)65(104-62)42-67(92)83-44-66-74(97)72(95)64(105-66)40-54(88)39-55(45(3)4)77(99)84-57(26-21-33-82-79(80)101)60(90)37-52-30-28-50(29-31-52)32-34-81-76(98)53(36-51-24-19-18-20-25-51)38-59(89)49(10)75(103-15)58-27-22-35-87(58)68(93)43-63(102-14)70(48(9)17-2)86(13)78(100)56(46(5)6)41-61(91)69(47(7)8)85(11)12/h18-20,24-25,28-31,45-49,53,55-58,62-66,69-75,94-97H,16-17,21-23,26-27,32-44H2,1-15H3,(H,81,98)(H,83,92)(H,84,99)(H3,80,82,101)/t48?,49?,53-,55-,56+,57-,58?,62-,63?,64+,65+,66-,69?,70?,71-,72?,73+,74?,75?/m1/s1. The van der Waals surface area contributed by atoms with Crippen LogP contribution in [0.1, 0.15) is 169 Å². The largest absolute Gasteiger partial charge is 0.388 e. The number of ketones is 4. The first-order valence-corrected chi connectivity index (χ1v) is 38.1. The van der Waals surface area contributed by atoms with E-state index in [2.05, 4.69) is 21.3 Å². The van der Waals surface area contributed by atoms with Gasteiger partial charge in [0, 0.05) is 103 Å². The molecule has 0 aliphatic carbocycles. The van der Waals surface area contributed by atoms with Crippen LogP contribution in [0.2, 0.25) is 0 Å². The molecule has 3 saturated heterocycles. The van der Waals surface area contributed by atoms with Gasteiger partial charge in [0.2, 0.25) is 29.5 Å². The fraction of sp³-hybridized carbons (Fsp3) is 0.722. The van der Waals surface area contributed by atoms with Crippen molar-refractivity contribution in [3.05, 3.63) is 71.3 Å². The maximum Gasteiger partial charge on any atom is 0.312 e. The number of likely N-dealkylation sites (tertiary alicyclic amines) is 1. The van der Waals surface area contributed by atoms with Crippen LogP contribution in [0.25, 0.3) is 0 Å². The third-order valence-corrected chi connectivity index (χ3v) is 21.7. The maximum absolute atomic E-state index is 14.7. The molecule has 26 nitrogen and oxygen atoms in total. The third-order valence-electron chi connectivity index (χ3n) is 21.7. The first-order chi connectivity index (χ1) is 49.7. The lowest BCUT2D eigenvalue weighted by atomic mass is 9.83. The summed E-state index contributed by atoms with van der Waals surface area (Å²) >= 11 is 0. The Hall–Kier alpha value is -6.62. The van der Waals surface area contributed by atoms with E-state index in [0.29, 0.717) is 50.6 Å². The molecule has 2 aromatic carbocycles. The number of methoxy groups -OCH3 is 2. The lowest BCUT2D eigenvalue weighted by Gasteiger charge is -2.41. The van der Waals surface area contributed by atoms with Crippen LogP contribution in [0.5, 0.6) is 0 Å². The number of Topliss-reactive ketones (excluding diaryl/α,β-unsaturated/α-hetero) is 4. The molecule has 3 fully saturated rings. The average molecular weight is 1480 g/mol. The number of nitrogens with two attached hydrogens (primary N) is 1. The summed E-state index contributed by atoms with van der Waals surface area (Å²) in [4.78, 5) is 144. The Kier molecular flexibility index (Phi) is 36.8. The van der Waals surface area contributed by atoms with Gasteiger partial charge in [-0.3, -0.25) is 48.1 Å². The number of urea groups is 1. The highest BCUT2D eigenvalue weighted by molar-refractivity contribution is 5.93. The minimum atomic E-state index is -1.50. The molecule has 3 aliphatic rings. The van der Waals surface area contributed by atoms with E-state index in [1.165, 1.54) is 7.11 Å². The van der Waals surface area contributed by atoms with Crippen LogP contribution in [0.15, 0.2) is 54.6 Å². The molecule has 0 bridgehead atoms. The van der Waals surface area contributed by atoms with E-state index in [9.17, 15) is 68.4 Å². The van der Waals surface area contributed by atoms with Gasteiger partial charge in [0.25, 0.3) is 0 Å². The number of rotatable bonds is 46. The molecule has 0 saturated carbocycles. The minimum absolute atomic E-state index is 0.00906. The first kappa shape index (κ1) is 89.0. The molecule has 0 radical (unpaired) electrons. The van der Waals surface area contributed by atoms with Gasteiger partial charge in [0.1, 0.15) is 42.1 Å². The highest BCUT2D eigenvalue weighted by atomic mass is 16.6. The molecule has 5 rings (SSSR count). The van der Waals surface area contributed by atoms with E-state index in [4.69, 9.17) is 24.7 Å². The van der Waals surface area contributed by atoms with E-state index >= 15 is 0 Å². The predicted octanol–water partition coefficient (Wildman–Crippen LogP) is 4.85. The Balaban J connectivity index is 1.19. The lowest BCUT2D eigenvalue weighted by Crippen LogP contribution is -2.54. The van der Waals surface area contributed by atoms with E-state index in [1.54, 1.807) is 56.9 Å². The number of aliphatic hydroxyl groups excluding tert-OH is 4. The van der Waals surface area contributed by atoms with Gasteiger partial charge in [0.05, 0.1) is 67.5 Å². The van der Waals surface area contributed by atoms with Crippen LogP contribution in [-0.4, -0.2) is 241 Å². The Morgan fingerprint density at radius 2 is 1.26 bits per heavy atom. The average Bonchev–Trinajstić information content (AvgIpc) is 1.78. The summed E-state index contributed by atoms with van der Waals surface area (Å²) in [5.74, 6) is -6.25. The number of aliphatic hydroxyl groups is 4. The van der Waals surface area contributed by atoms with Crippen LogP contribution >= 0.6 is 0 Å². The van der Waals surface area contributed by atoms with E-state index in [1.807, 2.05) is 110 Å². The zero-order valence-electron chi connectivity index (χ0n) is 65.0. The molecule has 7 amide bonds. The van der Waals surface area contributed by atoms with Gasteiger partial charge >= 0.3 is 6.03 Å².